The zero-order valence-electron chi connectivity index (χ0n) is 29.1. The number of hydrogen-bond donors (Lipinski definition) is 2. The first-order valence-corrected chi connectivity index (χ1v) is 19.4. The average Bonchev–Trinajstić information content (AvgIpc) is 3.22. The maximum absolute atomic E-state index is 14.4. The Morgan fingerprint density at radius 2 is 2.02 bits per heavy atom. The summed E-state index contributed by atoms with van der Waals surface area (Å²) in [5, 5.41) is 2.61. The molecule has 1 unspecified atom stereocenters. The number of pyridine rings is 1. The summed E-state index contributed by atoms with van der Waals surface area (Å²) in [6, 6.07) is 16.5. The van der Waals surface area contributed by atoms with Gasteiger partial charge in [-0.2, -0.15) is 0 Å². The van der Waals surface area contributed by atoms with Crippen LogP contribution >= 0.6 is 0 Å². The molecule has 0 saturated heterocycles. The van der Waals surface area contributed by atoms with Crippen LogP contribution in [0.15, 0.2) is 77.3 Å². The molecule has 0 radical (unpaired) electrons. The molecule has 50 heavy (non-hydrogen) atoms. The molecule has 2 N–H and O–H groups in total. The Balaban J connectivity index is 1.28. The van der Waals surface area contributed by atoms with E-state index >= 15 is 0 Å². The highest BCUT2D eigenvalue weighted by Crippen LogP contribution is 2.47. The number of urea groups is 1. The second-order valence-corrected chi connectivity index (χ2v) is 16.6. The van der Waals surface area contributed by atoms with Gasteiger partial charge in [-0.15, -0.1) is 4.36 Å². The molecule has 2 aliphatic carbocycles. The van der Waals surface area contributed by atoms with Crippen molar-refractivity contribution in [3.8, 4) is 5.75 Å². The molecule has 1 fully saturated rings. The quantitative estimate of drug-likeness (QED) is 0.287. The van der Waals surface area contributed by atoms with E-state index in [0.29, 0.717) is 36.2 Å². The minimum atomic E-state index is -3.54. The van der Waals surface area contributed by atoms with Gasteiger partial charge in [-0.3, -0.25) is 10.1 Å². The van der Waals surface area contributed by atoms with Gasteiger partial charge in [-0.1, -0.05) is 48.9 Å². The first kappa shape index (κ1) is 34.2. The van der Waals surface area contributed by atoms with Crippen LogP contribution in [0.5, 0.6) is 5.75 Å². The van der Waals surface area contributed by atoms with Gasteiger partial charge in [0.15, 0.2) is 0 Å². The number of carbonyl (C=O) groups excluding carboxylic acids is 2. The van der Waals surface area contributed by atoms with Gasteiger partial charge in [-0.05, 0) is 105 Å². The van der Waals surface area contributed by atoms with Crippen molar-refractivity contribution in [1.29, 1.82) is 0 Å². The van der Waals surface area contributed by atoms with Gasteiger partial charge in [0.1, 0.15) is 21.5 Å². The Bertz CT molecular complexity index is 1910. The second-order valence-electron chi connectivity index (χ2n) is 14.6. The van der Waals surface area contributed by atoms with Crippen molar-refractivity contribution in [3.05, 3.63) is 95.2 Å². The summed E-state index contributed by atoms with van der Waals surface area (Å²) in [5.41, 5.74) is 4.95. The first-order chi connectivity index (χ1) is 24.1. The molecule has 3 aromatic rings. The van der Waals surface area contributed by atoms with Gasteiger partial charge in [0, 0.05) is 37.4 Å². The molecule has 264 valence electrons. The zero-order chi connectivity index (χ0) is 34.9. The lowest BCUT2D eigenvalue weighted by Gasteiger charge is -2.46. The number of fused-ring (bicyclic) bond motifs is 4. The smallest absolute Gasteiger partial charge is 0.332 e. The monoisotopic (exact) mass is 697 g/mol. The maximum atomic E-state index is 14.4. The van der Waals surface area contributed by atoms with Crippen molar-refractivity contribution < 1.29 is 23.3 Å². The number of nitrogens with one attached hydrogen (secondary N) is 2. The minimum Gasteiger partial charge on any atom is -0.490 e. The van der Waals surface area contributed by atoms with E-state index in [-0.39, 0.29) is 23.2 Å². The summed E-state index contributed by atoms with van der Waals surface area (Å²) in [5.74, 6) is 0.965. The fourth-order valence-corrected chi connectivity index (χ4v) is 10.1. The van der Waals surface area contributed by atoms with E-state index in [4.69, 9.17) is 9.47 Å². The Morgan fingerprint density at radius 3 is 2.80 bits per heavy atom. The maximum Gasteiger partial charge on any atom is 0.332 e. The number of nitrogens with zero attached hydrogens (tertiary/aromatic N) is 3. The molecule has 1 aromatic heterocycles. The van der Waals surface area contributed by atoms with Crippen molar-refractivity contribution in [2.45, 2.75) is 63.9 Å². The summed E-state index contributed by atoms with van der Waals surface area (Å²) in [4.78, 5) is 33.5. The molecule has 2 bridgehead atoms. The van der Waals surface area contributed by atoms with Gasteiger partial charge in [-0.25, -0.2) is 18.7 Å². The number of anilines is 2. The third-order valence-electron chi connectivity index (χ3n) is 10.9. The van der Waals surface area contributed by atoms with Crippen molar-refractivity contribution in [3.63, 3.8) is 0 Å². The SMILES string of the molecule is CO[C@H]1/C=C/C[C@H](C)CS(=O)(NC(=O)Nc2ccccn2)=NC(=O)c2ccc3c(c2)N(C[C@@H]2CC[C@H]21)C[C@@]1(CCCc2cc(C)ccc21)CO3. The molecular weight excluding hydrogens is 651 g/mol. The van der Waals surface area contributed by atoms with Crippen LogP contribution in [-0.4, -0.2) is 59.8 Å². The van der Waals surface area contributed by atoms with Gasteiger partial charge in [0.05, 0.1) is 24.2 Å². The molecule has 2 aromatic carbocycles. The predicted octanol–water partition coefficient (Wildman–Crippen LogP) is 6.85. The van der Waals surface area contributed by atoms with Crippen LogP contribution in [0.25, 0.3) is 0 Å². The van der Waals surface area contributed by atoms with Crippen LogP contribution < -0.4 is 19.7 Å². The molecule has 1 saturated carbocycles. The number of amides is 3. The van der Waals surface area contributed by atoms with Crippen LogP contribution in [0.1, 0.15) is 66.1 Å². The van der Waals surface area contributed by atoms with Crippen molar-refractivity contribution in [1.82, 2.24) is 9.71 Å². The molecule has 2 aliphatic heterocycles. The van der Waals surface area contributed by atoms with Gasteiger partial charge in [0.25, 0.3) is 5.91 Å². The summed E-state index contributed by atoms with van der Waals surface area (Å²) in [6.07, 6.45) is 11.6. The van der Waals surface area contributed by atoms with Crippen molar-refractivity contribution >= 4 is 33.4 Å². The number of hydrogen-bond acceptors (Lipinski definition) is 7. The summed E-state index contributed by atoms with van der Waals surface area (Å²) in [6.45, 7) is 6.19. The highest BCUT2D eigenvalue weighted by atomic mass is 32.2. The van der Waals surface area contributed by atoms with Crippen molar-refractivity contribution in [2.75, 3.05) is 42.8 Å². The summed E-state index contributed by atoms with van der Waals surface area (Å²) >= 11 is 0. The summed E-state index contributed by atoms with van der Waals surface area (Å²) in [7, 11) is -1.77. The van der Waals surface area contributed by atoms with E-state index in [1.165, 1.54) is 16.7 Å². The number of carbonyl (C=O) groups is 2. The number of benzene rings is 2. The second kappa shape index (κ2) is 14.2. The molecule has 4 aliphatic rings. The van der Waals surface area contributed by atoms with Crippen LogP contribution in [0, 0.1) is 24.7 Å². The fourth-order valence-electron chi connectivity index (χ4n) is 8.25. The van der Waals surface area contributed by atoms with Crippen LogP contribution in [-0.2, 0) is 26.5 Å². The lowest BCUT2D eigenvalue weighted by atomic mass is 9.68. The van der Waals surface area contributed by atoms with Crippen LogP contribution in [0.2, 0.25) is 0 Å². The third kappa shape index (κ3) is 7.16. The van der Waals surface area contributed by atoms with E-state index in [1.807, 2.05) is 19.1 Å². The molecule has 1 spiro atoms. The Kier molecular flexibility index (Phi) is 9.72. The number of methoxy groups -OCH3 is 1. The Hall–Kier alpha value is -4.22. The zero-order valence-corrected chi connectivity index (χ0v) is 29.9. The van der Waals surface area contributed by atoms with Crippen molar-refractivity contribution in [2.24, 2.45) is 22.1 Å². The molecule has 6 atom stereocenters. The third-order valence-corrected chi connectivity index (χ3v) is 12.9. The predicted molar refractivity (Wildman–Crippen MR) is 196 cm³/mol. The van der Waals surface area contributed by atoms with E-state index in [9.17, 15) is 13.8 Å². The average molecular weight is 698 g/mol. The standard InChI is InChI=1S/C39H47N5O5S/c1-26-12-16-32-28(20-26)9-7-18-39(32)24-44-22-30-13-15-31(30)34(48-3)10-6-8-27(2)23-50(47,43-38(46)41-36-11-4-5-19-40-36)42-37(45)29-14-17-35(49-25-39)33(44)21-29/h4-6,10-12,14,16-17,19-21,27,30-31,34H,7-9,13,15,18,22-25H2,1-3H3,(H2,40,41,42,43,45,46,47)/b10-6+/t27-,30-,31+,34-,39-,50?/m0/s1. The molecule has 10 nitrogen and oxygen atoms in total. The fraction of sp³-hybridized carbons (Fsp3) is 0.462. The lowest BCUT2D eigenvalue weighted by Crippen LogP contribution is -2.49. The Labute approximate surface area is 295 Å². The largest absolute Gasteiger partial charge is 0.490 e. The number of ether oxygens (including phenoxy) is 2. The number of allylic oxidation sites excluding steroid dienone is 1. The van der Waals surface area contributed by atoms with E-state index < -0.39 is 21.9 Å². The first-order valence-electron chi connectivity index (χ1n) is 17.7. The lowest BCUT2D eigenvalue weighted by molar-refractivity contribution is 0.0131. The number of aryl methyl sites for hydroxylation is 2. The summed E-state index contributed by atoms with van der Waals surface area (Å²) < 4.78 is 33.9. The highest BCUT2D eigenvalue weighted by Gasteiger charge is 2.44. The van der Waals surface area contributed by atoms with Gasteiger partial charge < -0.3 is 14.4 Å². The highest BCUT2D eigenvalue weighted by molar-refractivity contribution is 7.92. The Morgan fingerprint density at radius 1 is 1.14 bits per heavy atom. The normalized spacial score (nSPS) is 30.0. The topological polar surface area (TPSA) is 122 Å². The van der Waals surface area contributed by atoms with Gasteiger partial charge in [0.2, 0.25) is 0 Å². The number of rotatable bonds is 3. The molecular formula is C39H47N5O5S. The molecule has 3 heterocycles. The van der Waals surface area contributed by atoms with E-state index in [0.717, 1.165) is 56.6 Å². The van der Waals surface area contributed by atoms with Gasteiger partial charge >= 0.3 is 6.03 Å². The molecule has 7 rings (SSSR count). The number of aromatic nitrogens is 1. The molecule has 11 heteroatoms. The van der Waals surface area contributed by atoms with Crippen LogP contribution in [0.4, 0.5) is 16.3 Å². The van der Waals surface area contributed by atoms with E-state index in [1.54, 1.807) is 37.6 Å². The molecule has 3 amide bonds. The van der Waals surface area contributed by atoms with E-state index in [2.05, 4.69) is 61.6 Å². The van der Waals surface area contributed by atoms with Crippen LogP contribution in [0.3, 0.4) is 0 Å². The minimum absolute atomic E-state index is 0.00992.